The molecule has 1 saturated heterocycles. The van der Waals surface area contributed by atoms with Gasteiger partial charge in [-0.3, -0.25) is 0 Å². The molecule has 1 fully saturated rings. The standard InChI is InChI=1S/C13H20N4O/c1-13(2,3)16-12(18)15-10-8-17(9-10)11-6-4-5-7-14-11/h4-7,10H,8-9H2,1-3H3,(H2,15,16,18). The van der Waals surface area contributed by atoms with Crippen LogP contribution in [0.1, 0.15) is 20.8 Å². The summed E-state index contributed by atoms with van der Waals surface area (Å²) in [6, 6.07) is 5.94. The van der Waals surface area contributed by atoms with Gasteiger partial charge in [0, 0.05) is 24.8 Å². The van der Waals surface area contributed by atoms with Crippen LogP contribution in [0.5, 0.6) is 0 Å². The molecular formula is C13H20N4O. The van der Waals surface area contributed by atoms with Crippen molar-refractivity contribution in [1.29, 1.82) is 0 Å². The second-order valence-electron chi connectivity index (χ2n) is 5.64. The van der Waals surface area contributed by atoms with E-state index in [-0.39, 0.29) is 17.6 Å². The number of aromatic nitrogens is 1. The van der Waals surface area contributed by atoms with E-state index in [1.54, 1.807) is 6.20 Å². The third-order valence-corrected chi connectivity index (χ3v) is 2.68. The molecule has 98 valence electrons. The van der Waals surface area contributed by atoms with Crippen molar-refractivity contribution in [3.05, 3.63) is 24.4 Å². The Balaban J connectivity index is 1.75. The van der Waals surface area contributed by atoms with Crippen molar-refractivity contribution in [3.63, 3.8) is 0 Å². The van der Waals surface area contributed by atoms with E-state index < -0.39 is 0 Å². The van der Waals surface area contributed by atoms with Crippen LogP contribution in [0.15, 0.2) is 24.4 Å². The van der Waals surface area contributed by atoms with Crippen LogP contribution in [0.2, 0.25) is 0 Å². The van der Waals surface area contributed by atoms with Gasteiger partial charge in [-0.1, -0.05) is 6.07 Å². The molecule has 2 heterocycles. The van der Waals surface area contributed by atoms with Crippen LogP contribution in [0.4, 0.5) is 10.6 Å². The molecule has 2 amide bonds. The molecule has 18 heavy (non-hydrogen) atoms. The molecular weight excluding hydrogens is 228 g/mol. The lowest BCUT2D eigenvalue weighted by Gasteiger charge is -2.40. The maximum absolute atomic E-state index is 11.6. The summed E-state index contributed by atoms with van der Waals surface area (Å²) in [6.45, 7) is 7.53. The van der Waals surface area contributed by atoms with Gasteiger partial charge in [0.25, 0.3) is 0 Å². The highest BCUT2D eigenvalue weighted by atomic mass is 16.2. The Morgan fingerprint density at radius 2 is 2.11 bits per heavy atom. The van der Waals surface area contributed by atoms with E-state index in [1.807, 2.05) is 39.0 Å². The zero-order valence-electron chi connectivity index (χ0n) is 11.1. The number of urea groups is 1. The predicted molar refractivity (Wildman–Crippen MR) is 71.7 cm³/mol. The van der Waals surface area contributed by atoms with E-state index in [0.29, 0.717) is 0 Å². The number of anilines is 1. The molecule has 0 radical (unpaired) electrons. The van der Waals surface area contributed by atoms with Crippen LogP contribution in [-0.2, 0) is 0 Å². The lowest BCUT2D eigenvalue weighted by Crippen LogP contribution is -2.62. The number of nitrogens with zero attached hydrogens (tertiary/aromatic N) is 2. The fourth-order valence-corrected chi connectivity index (χ4v) is 1.86. The minimum absolute atomic E-state index is 0.104. The van der Waals surface area contributed by atoms with Gasteiger partial charge in [-0.15, -0.1) is 0 Å². The number of hydrogen-bond donors (Lipinski definition) is 2. The van der Waals surface area contributed by atoms with Crippen LogP contribution in [0.3, 0.4) is 0 Å². The molecule has 0 atom stereocenters. The summed E-state index contributed by atoms with van der Waals surface area (Å²) in [7, 11) is 0. The molecule has 2 rings (SSSR count). The monoisotopic (exact) mass is 248 g/mol. The second kappa shape index (κ2) is 4.84. The number of hydrogen-bond acceptors (Lipinski definition) is 3. The van der Waals surface area contributed by atoms with Crippen molar-refractivity contribution in [3.8, 4) is 0 Å². The molecule has 0 bridgehead atoms. The summed E-state index contributed by atoms with van der Waals surface area (Å²) < 4.78 is 0. The van der Waals surface area contributed by atoms with Crippen LogP contribution >= 0.6 is 0 Å². The van der Waals surface area contributed by atoms with Crippen LogP contribution in [0.25, 0.3) is 0 Å². The first-order valence-corrected chi connectivity index (χ1v) is 6.19. The Morgan fingerprint density at radius 1 is 1.39 bits per heavy atom. The normalized spacial score (nSPS) is 16.1. The van der Waals surface area contributed by atoms with Crippen molar-refractivity contribution in [2.45, 2.75) is 32.4 Å². The molecule has 0 saturated carbocycles. The Kier molecular flexibility index (Phi) is 3.41. The van der Waals surface area contributed by atoms with E-state index in [1.165, 1.54) is 0 Å². The van der Waals surface area contributed by atoms with Gasteiger partial charge >= 0.3 is 6.03 Å². The fourth-order valence-electron chi connectivity index (χ4n) is 1.86. The molecule has 1 aliphatic rings. The van der Waals surface area contributed by atoms with Crippen molar-refractivity contribution in [2.75, 3.05) is 18.0 Å². The van der Waals surface area contributed by atoms with Gasteiger partial charge in [-0.2, -0.15) is 0 Å². The highest BCUT2D eigenvalue weighted by Gasteiger charge is 2.29. The summed E-state index contributed by atoms with van der Waals surface area (Å²) in [6.07, 6.45) is 1.78. The van der Waals surface area contributed by atoms with Gasteiger partial charge in [0.15, 0.2) is 0 Å². The highest BCUT2D eigenvalue weighted by Crippen LogP contribution is 2.17. The zero-order valence-corrected chi connectivity index (χ0v) is 11.1. The van der Waals surface area contributed by atoms with Gasteiger partial charge in [0.05, 0.1) is 6.04 Å². The highest BCUT2D eigenvalue weighted by molar-refractivity contribution is 5.75. The SMILES string of the molecule is CC(C)(C)NC(=O)NC1CN(c2ccccn2)C1. The summed E-state index contributed by atoms with van der Waals surface area (Å²) in [4.78, 5) is 18.1. The summed E-state index contributed by atoms with van der Waals surface area (Å²) in [5.74, 6) is 0.965. The largest absolute Gasteiger partial charge is 0.352 e. The molecule has 0 unspecified atom stereocenters. The van der Waals surface area contributed by atoms with E-state index in [9.17, 15) is 4.79 Å². The first-order valence-electron chi connectivity index (χ1n) is 6.19. The minimum atomic E-state index is -0.200. The number of rotatable bonds is 2. The molecule has 0 spiro atoms. The summed E-state index contributed by atoms with van der Waals surface area (Å²) in [5.41, 5.74) is -0.200. The first-order chi connectivity index (χ1) is 8.44. The van der Waals surface area contributed by atoms with E-state index in [0.717, 1.165) is 18.9 Å². The smallest absolute Gasteiger partial charge is 0.315 e. The summed E-state index contributed by atoms with van der Waals surface area (Å²) >= 11 is 0. The zero-order chi connectivity index (χ0) is 13.2. The first kappa shape index (κ1) is 12.7. The maximum Gasteiger partial charge on any atom is 0.315 e. The van der Waals surface area contributed by atoms with E-state index in [4.69, 9.17) is 0 Å². The molecule has 0 aromatic carbocycles. The topological polar surface area (TPSA) is 57.3 Å². The number of carbonyl (C=O) groups excluding carboxylic acids is 1. The minimum Gasteiger partial charge on any atom is -0.352 e. The Labute approximate surface area is 108 Å². The third-order valence-electron chi connectivity index (χ3n) is 2.68. The lowest BCUT2D eigenvalue weighted by molar-refractivity contribution is 0.225. The molecule has 5 heteroatoms. The molecule has 1 aromatic heterocycles. The van der Waals surface area contributed by atoms with E-state index >= 15 is 0 Å². The fraction of sp³-hybridized carbons (Fsp3) is 0.538. The average molecular weight is 248 g/mol. The van der Waals surface area contributed by atoms with Crippen molar-refractivity contribution in [1.82, 2.24) is 15.6 Å². The quantitative estimate of drug-likeness (QED) is 0.831. The molecule has 1 aliphatic heterocycles. The molecule has 5 nitrogen and oxygen atoms in total. The lowest BCUT2D eigenvalue weighted by atomic mass is 10.1. The van der Waals surface area contributed by atoms with Crippen LogP contribution in [-0.4, -0.2) is 35.7 Å². The number of nitrogens with one attached hydrogen (secondary N) is 2. The summed E-state index contributed by atoms with van der Waals surface area (Å²) in [5, 5.41) is 5.84. The average Bonchev–Trinajstić information content (AvgIpc) is 2.21. The van der Waals surface area contributed by atoms with E-state index in [2.05, 4.69) is 20.5 Å². The van der Waals surface area contributed by atoms with Crippen molar-refractivity contribution >= 4 is 11.8 Å². The number of carbonyl (C=O) groups is 1. The van der Waals surface area contributed by atoms with Crippen LogP contribution in [0, 0.1) is 0 Å². The van der Waals surface area contributed by atoms with Gasteiger partial charge in [0.1, 0.15) is 5.82 Å². The van der Waals surface area contributed by atoms with Crippen molar-refractivity contribution in [2.24, 2.45) is 0 Å². The van der Waals surface area contributed by atoms with Gasteiger partial charge < -0.3 is 15.5 Å². The Hall–Kier alpha value is -1.78. The van der Waals surface area contributed by atoms with Crippen molar-refractivity contribution < 1.29 is 4.79 Å². The molecule has 0 aliphatic carbocycles. The third kappa shape index (κ3) is 3.35. The van der Waals surface area contributed by atoms with Gasteiger partial charge in [-0.05, 0) is 32.9 Å². The Bertz CT molecular complexity index is 407. The maximum atomic E-state index is 11.6. The molecule has 1 aromatic rings. The van der Waals surface area contributed by atoms with Gasteiger partial charge in [0.2, 0.25) is 0 Å². The molecule has 2 N–H and O–H groups in total. The number of amides is 2. The van der Waals surface area contributed by atoms with Crippen LogP contribution < -0.4 is 15.5 Å². The Morgan fingerprint density at radius 3 is 2.67 bits per heavy atom. The predicted octanol–water partition coefficient (Wildman–Crippen LogP) is 1.37. The van der Waals surface area contributed by atoms with Gasteiger partial charge in [-0.25, -0.2) is 9.78 Å². The number of pyridine rings is 1. The second-order valence-corrected chi connectivity index (χ2v) is 5.64.